The normalized spacial score (nSPS) is 10.2. The summed E-state index contributed by atoms with van der Waals surface area (Å²) in [7, 11) is 1.47. The van der Waals surface area contributed by atoms with Crippen LogP contribution in [0.1, 0.15) is 5.56 Å². The van der Waals surface area contributed by atoms with Crippen LogP contribution in [0.3, 0.4) is 0 Å². The number of anilines is 2. The van der Waals surface area contributed by atoms with Crippen molar-refractivity contribution in [3.05, 3.63) is 59.9 Å². The summed E-state index contributed by atoms with van der Waals surface area (Å²) in [5, 5.41) is 5.83. The van der Waals surface area contributed by atoms with E-state index in [1.807, 2.05) is 12.1 Å². The van der Waals surface area contributed by atoms with Gasteiger partial charge in [-0.3, -0.25) is 4.79 Å². The monoisotopic (exact) mass is 288 g/mol. The summed E-state index contributed by atoms with van der Waals surface area (Å²) in [5.74, 6) is -0.432. The van der Waals surface area contributed by atoms with Crippen LogP contribution in [0.4, 0.5) is 15.8 Å². The van der Waals surface area contributed by atoms with Crippen LogP contribution in [0.2, 0.25) is 0 Å². The number of ether oxygens (including phenoxy) is 1. The lowest BCUT2D eigenvalue weighted by Gasteiger charge is -2.09. The Balaban J connectivity index is 1.91. The van der Waals surface area contributed by atoms with Gasteiger partial charge in [0.2, 0.25) is 5.91 Å². The summed E-state index contributed by atoms with van der Waals surface area (Å²) in [6.45, 7) is 0.426. The predicted molar refractivity (Wildman–Crippen MR) is 80.7 cm³/mol. The average Bonchev–Trinajstić information content (AvgIpc) is 2.48. The number of nitrogens with one attached hydrogen (secondary N) is 2. The smallest absolute Gasteiger partial charge is 0.250 e. The second kappa shape index (κ2) is 7.40. The van der Waals surface area contributed by atoms with Gasteiger partial charge in [0, 0.05) is 30.6 Å². The van der Waals surface area contributed by atoms with Crippen molar-refractivity contribution in [3.8, 4) is 0 Å². The van der Waals surface area contributed by atoms with Crippen molar-refractivity contribution in [1.29, 1.82) is 0 Å². The maximum Gasteiger partial charge on any atom is 0.250 e. The zero-order valence-corrected chi connectivity index (χ0v) is 11.7. The molecule has 0 saturated carbocycles. The molecular weight excluding hydrogens is 271 g/mol. The lowest BCUT2D eigenvalue weighted by molar-refractivity contribution is -0.119. The number of amides is 1. The van der Waals surface area contributed by atoms with Gasteiger partial charge in [-0.2, -0.15) is 0 Å². The Hall–Kier alpha value is -2.40. The van der Waals surface area contributed by atoms with E-state index in [0.29, 0.717) is 17.8 Å². The Morgan fingerprint density at radius 1 is 1.10 bits per heavy atom. The predicted octanol–water partition coefficient (Wildman–Crippen LogP) is 3.02. The zero-order valence-electron chi connectivity index (χ0n) is 11.7. The summed E-state index contributed by atoms with van der Waals surface area (Å²) in [5.41, 5.74) is 2.14. The average molecular weight is 288 g/mol. The molecule has 0 radical (unpaired) electrons. The van der Waals surface area contributed by atoms with Gasteiger partial charge in [0.15, 0.2) is 0 Å². The van der Waals surface area contributed by atoms with Crippen LogP contribution in [-0.4, -0.2) is 19.6 Å². The van der Waals surface area contributed by atoms with Crippen LogP contribution in [-0.2, 0) is 16.1 Å². The minimum Gasteiger partial charge on any atom is -0.381 e. The Morgan fingerprint density at radius 3 is 2.43 bits per heavy atom. The largest absolute Gasteiger partial charge is 0.381 e. The van der Waals surface area contributed by atoms with Crippen molar-refractivity contribution in [2.45, 2.75) is 6.54 Å². The molecule has 0 saturated heterocycles. The van der Waals surface area contributed by atoms with Gasteiger partial charge in [0.05, 0.1) is 0 Å². The highest BCUT2D eigenvalue weighted by molar-refractivity contribution is 5.91. The van der Waals surface area contributed by atoms with Crippen molar-refractivity contribution in [3.63, 3.8) is 0 Å². The molecule has 0 unspecified atom stereocenters. The van der Waals surface area contributed by atoms with E-state index in [0.717, 1.165) is 5.69 Å². The maximum atomic E-state index is 13.5. The molecule has 0 bridgehead atoms. The van der Waals surface area contributed by atoms with Crippen LogP contribution in [0.25, 0.3) is 0 Å². The molecule has 0 heterocycles. The van der Waals surface area contributed by atoms with Crippen molar-refractivity contribution < 1.29 is 13.9 Å². The molecule has 110 valence electrons. The van der Waals surface area contributed by atoms with E-state index in [2.05, 4.69) is 10.6 Å². The van der Waals surface area contributed by atoms with Crippen molar-refractivity contribution in [1.82, 2.24) is 0 Å². The van der Waals surface area contributed by atoms with E-state index in [9.17, 15) is 9.18 Å². The molecule has 0 fully saturated rings. The number of benzene rings is 2. The quantitative estimate of drug-likeness (QED) is 0.859. The van der Waals surface area contributed by atoms with Crippen molar-refractivity contribution in [2.75, 3.05) is 24.4 Å². The van der Waals surface area contributed by atoms with Gasteiger partial charge < -0.3 is 15.4 Å². The molecule has 0 aromatic heterocycles. The van der Waals surface area contributed by atoms with Gasteiger partial charge in [-0.25, -0.2) is 4.39 Å². The molecule has 0 aliphatic carbocycles. The number of carbonyl (C=O) groups excluding carboxylic acids is 1. The maximum absolute atomic E-state index is 13.5. The molecule has 4 nitrogen and oxygen atoms in total. The summed E-state index contributed by atoms with van der Waals surface area (Å²) in [4.78, 5) is 11.4. The molecule has 0 spiro atoms. The molecule has 1 amide bonds. The first kappa shape index (κ1) is 15.0. The first-order valence-corrected chi connectivity index (χ1v) is 6.55. The van der Waals surface area contributed by atoms with Gasteiger partial charge in [-0.15, -0.1) is 0 Å². The fourth-order valence-corrected chi connectivity index (χ4v) is 1.84. The van der Waals surface area contributed by atoms with E-state index in [1.165, 1.54) is 13.2 Å². The highest BCUT2D eigenvalue weighted by Gasteiger charge is 2.02. The summed E-state index contributed by atoms with van der Waals surface area (Å²) in [6, 6.07) is 13.8. The molecule has 0 aliphatic rings. The topological polar surface area (TPSA) is 50.4 Å². The number of hydrogen-bond donors (Lipinski definition) is 2. The number of halogens is 1. The summed E-state index contributed by atoms with van der Waals surface area (Å²) < 4.78 is 18.2. The standard InChI is InChI=1S/C16H17FN2O2/c1-21-11-16(20)19-14-8-6-13(7-9-14)18-10-12-4-2-3-5-15(12)17/h2-9,18H,10-11H2,1H3,(H,19,20). The fraction of sp³-hybridized carbons (Fsp3) is 0.188. The molecule has 2 rings (SSSR count). The third-order valence-corrected chi connectivity index (χ3v) is 2.88. The van der Waals surface area contributed by atoms with E-state index < -0.39 is 0 Å². The molecule has 2 aromatic rings. The Morgan fingerprint density at radius 2 is 1.76 bits per heavy atom. The lowest BCUT2D eigenvalue weighted by Crippen LogP contribution is -2.16. The van der Waals surface area contributed by atoms with Crippen LogP contribution in [0.15, 0.2) is 48.5 Å². The van der Waals surface area contributed by atoms with Gasteiger partial charge in [-0.05, 0) is 30.3 Å². The highest BCUT2D eigenvalue weighted by Crippen LogP contribution is 2.15. The van der Waals surface area contributed by atoms with Crippen LogP contribution in [0, 0.1) is 5.82 Å². The molecule has 21 heavy (non-hydrogen) atoms. The third kappa shape index (κ3) is 4.57. The summed E-state index contributed by atoms with van der Waals surface area (Å²) >= 11 is 0. The minimum absolute atomic E-state index is 0.0211. The van der Waals surface area contributed by atoms with Gasteiger partial charge >= 0.3 is 0 Å². The second-order valence-electron chi connectivity index (χ2n) is 4.50. The molecule has 0 atom stereocenters. The van der Waals surface area contributed by atoms with Crippen LogP contribution < -0.4 is 10.6 Å². The van der Waals surface area contributed by atoms with E-state index in [1.54, 1.807) is 30.3 Å². The van der Waals surface area contributed by atoms with Crippen LogP contribution >= 0.6 is 0 Å². The number of hydrogen-bond acceptors (Lipinski definition) is 3. The van der Waals surface area contributed by atoms with E-state index >= 15 is 0 Å². The number of carbonyl (C=O) groups is 1. The number of rotatable bonds is 6. The van der Waals surface area contributed by atoms with Crippen LogP contribution in [0.5, 0.6) is 0 Å². The van der Waals surface area contributed by atoms with E-state index in [4.69, 9.17) is 4.74 Å². The second-order valence-corrected chi connectivity index (χ2v) is 4.50. The molecule has 2 aromatic carbocycles. The van der Waals surface area contributed by atoms with E-state index in [-0.39, 0.29) is 18.3 Å². The van der Waals surface area contributed by atoms with Gasteiger partial charge in [0.1, 0.15) is 12.4 Å². The lowest BCUT2D eigenvalue weighted by atomic mass is 10.2. The zero-order chi connectivity index (χ0) is 15.1. The SMILES string of the molecule is COCC(=O)Nc1ccc(NCc2ccccc2F)cc1. The van der Waals surface area contributed by atoms with Gasteiger partial charge in [0.25, 0.3) is 0 Å². The highest BCUT2D eigenvalue weighted by atomic mass is 19.1. The third-order valence-electron chi connectivity index (χ3n) is 2.88. The summed E-state index contributed by atoms with van der Waals surface area (Å²) in [6.07, 6.45) is 0. The Labute approximate surface area is 122 Å². The first-order valence-electron chi connectivity index (χ1n) is 6.55. The Bertz CT molecular complexity index is 599. The fourth-order valence-electron chi connectivity index (χ4n) is 1.84. The molecule has 2 N–H and O–H groups in total. The van der Waals surface area contributed by atoms with Gasteiger partial charge in [-0.1, -0.05) is 18.2 Å². The van der Waals surface area contributed by atoms with Crippen molar-refractivity contribution >= 4 is 17.3 Å². The molecular formula is C16H17FN2O2. The first-order chi connectivity index (χ1) is 10.2. The molecule has 5 heteroatoms. The number of methoxy groups -OCH3 is 1. The Kier molecular flexibility index (Phi) is 5.29. The van der Waals surface area contributed by atoms with Crippen molar-refractivity contribution in [2.24, 2.45) is 0 Å². The minimum atomic E-state index is -0.228. The molecule has 0 aliphatic heterocycles.